The van der Waals surface area contributed by atoms with Gasteiger partial charge in [-0.25, -0.2) is 0 Å². The van der Waals surface area contributed by atoms with Gasteiger partial charge in [-0.1, -0.05) is 12.1 Å². The van der Waals surface area contributed by atoms with E-state index in [1.165, 1.54) is 49.8 Å². The van der Waals surface area contributed by atoms with Crippen LogP contribution in [-0.4, -0.2) is 32.6 Å². The summed E-state index contributed by atoms with van der Waals surface area (Å²) in [6, 6.07) is 17.8. The minimum Gasteiger partial charge on any atom is -0.351 e. The molecule has 4 nitrogen and oxygen atoms in total. The highest BCUT2D eigenvalue weighted by molar-refractivity contribution is 6.01. The Balaban J connectivity index is 1.62. The van der Waals surface area contributed by atoms with Gasteiger partial charge < -0.3 is 14.0 Å². The molecular formula is C28H28N4. The molecule has 2 aromatic carbocycles. The van der Waals surface area contributed by atoms with Crippen molar-refractivity contribution in [3.05, 3.63) is 77.7 Å². The Labute approximate surface area is 188 Å². The van der Waals surface area contributed by atoms with Crippen LogP contribution in [-0.2, 0) is 27.1 Å². The van der Waals surface area contributed by atoms with Gasteiger partial charge in [-0.2, -0.15) is 0 Å². The van der Waals surface area contributed by atoms with Crippen molar-refractivity contribution in [2.75, 3.05) is 13.6 Å². The molecule has 160 valence electrons. The zero-order chi connectivity index (χ0) is 22.0. The molecule has 0 amide bonds. The van der Waals surface area contributed by atoms with Crippen molar-refractivity contribution in [3.63, 3.8) is 0 Å². The van der Waals surface area contributed by atoms with Crippen molar-refractivity contribution in [1.29, 1.82) is 0 Å². The average Bonchev–Trinajstić information content (AvgIpc) is 3.30. The fourth-order valence-electron chi connectivity index (χ4n) is 5.47. The monoisotopic (exact) mass is 420 g/mol. The molecule has 1 aliphatic rings. The van der Waals surface area contributed by atoms with E-state index in [2.05, 4.69) is 96.8 Å². The first-order chi connectivity index (χ1) is 15.5. The molecule has 3 aromatic heterocycles. The highest BCUT2D eigenvalue weighted by Crippen LogP contribution is 2.40. The summed E-state index contributed by atoms with van der Waals surface area (Å²) in [5, 5.41) is 2.65. The molecule has 0 radical (unpaired) electrons. The minimum atomic E-state index is 1.00. The average molecular weight is 421 g/mol. The Bertz CT molecular complexity index is 1500. The molecule has 0 bridgehead atoms. The molecule has 4 heterocycles. The summed E-state index contributed by atoms with van der Waals surface area (Å²) < 4.78 is 4.58. The Morgan fingerprint density at radius 2 is 1.81 bits per heavy atom. The number of fused-ring (bicyclic) bond motifs is 4. The first-order valence-corrected chi connectivity index (χ1v) is 11.3. The lowest BCUT2D eigenvalue weighted by Gasteiger charge is -2.23. The van der Waals surface area contributed by atoms with E-state index >= 15 is 0 Å². The van der Waals surface area contributed by atoms with Gasteiger partial charge in [-0.3, -0.25) is 4.98 Å². The van der Waals surface area contributed by atoms with E-state index in [1.54, 1.807) is 0 Å². The summed E-state index contributed by atoms with van der Waals surface area (Å²) in [7, 11) is 6.53. The lowest BCUT2D eigenvalue weighted by Crippen LogP contribution is -2.27. The normalized spacial score (nSPS) is 14.4. The van der Waals surface area contributed by atoms with Gasteiger partial charge in [0.25, 0.3) is 0 Å². The van der Waals surface area contributed by atoms with Crippen LogP contribution >= 0.6 is 0 Å². The van der Waals surface area contributed by atoms with Crippen LogP contribution in [0.4, 0.5) is 0 Å². The molecule has 0 atom stereocenters. The molecule has 0 saturated heterocycles. The Morgan fingerprint density at radius 1 is 0.938 bits per heavy atom. The third kappa shape index (κ3) is 2.83. The lowest BCUT2D eigenvalue weighted by atomic mass is 9.94. The first kappa shape index (κ1) is 19.3. The Morgan fingerprint density at radius 3 is 2.69 bits per heavy atom. The van der Waals surface area contributed by atoms with E-state index in [9.17, 15) is 0 Å². The van der Waals surface area contributed by atoms with Crippen molar-refractivity contribution in [3.8, 4) is 22.4 Å². The first-order valence-electron chi connectivity index (χ1n) is 11.3. The maximum absolute atomic E-state index is 4.87. The van der Waals surface area contributed by atoms with Gasteiger partial charge in [0.2, 0.25) is 0 Å². The zero-order valence-electron chi connectivity index (χ0n) is 19.2. The standard InChI is InChI=1S/C28H28N4/c1-18-14-23-21-10-12-30(2)17-26(21)32(4)28(23)24(15-18)22-6-5-11-29-27(22)20-7-8-25-19(16-20)9-13-31(25)3/h5-9,11,13-16H,10,12,17H2,1-4H3. The maximum Gasteiger partial charge on any atom is 0.0781 e. The topological polar surface area (TPSA) is 26.0 Å². The predicted octanol–water partition coefficient (Wildman–Crippen LogP) is 5.70. The predicted molar refractivity (Wildman–Crippen MR) is 133 cm³/mol. The van der Waals surface area contributed by atoms with Gasteiger partial charge in [0.05, 0.1) is 11.2 Å². The van der Waals surface area contributed by atoms with E-state index in [4.69, 9.17) is 4.98 Å². The van der Waals surface area contributed by atoms with E-state index in [-0.39, 0.29) is 0 Å². The lowest BCUT2D eigenvalue weighted by molar-refractivity contribution is 0.305. The Kier molecular flexibility index (Phi) is 4.27. The number of hydrogen-bond acceptors (Lipinski definition) is 2. The van der Waals surface area contributed by atoms with Crippen LogP contribution < -0.4 is 0 Å². The van der Waals surface area contributed by atoms with Gasteiger partial charge in [-0.05, 0) is 67.9 Å². The molecule has 0 unspecified atom stereocenters. The smallest absolute Gasteiger partial charge is 0.0781 e. The second-order valence-electron chi connectivity index (χ2n) is 9.28. The minimum absolute atomic E-state index is 1.00. The van der Waals surface area contributed by atoms with Crippen molar-refractivity contribution in [2.45, 2.75) is 19.9 Å². The fourth-order valence-corrected chi connectivity index (χ4v) is 5.47. The summed E-state index contributed by atoms with van der Waals surface area (Å²) in [4.78, 5) is 7.29. The molecule has 32 heavy (non-hydrogen) atoms. The number of aromatic nitrogens is 3. The quantitative estimate of drug-likeness (QED) is 0.366. The van der Waals surface area contributed by atoms with E-state index in [0.29, 0.717) is 0 Å². The van der Waals surface area contributed by atoms with Crippen molar-refractivity contribution >= 4 is 21.8 Å². The second-order valence-corrected chi connectivity index (χ2v) is 9.28. The van der Waals surface area contributed by atoms with E-state index < -0.39 is 0 Å². The van der Waals surface area contributed by atoms with Crippen LogP contribution in [0.2, 0.25) is 0 Å². The fraction of sp³-hybridized carbons (Fsp3) is 0.250. The van der Waals surface area contributed by atoms with Gasteiger partial charge >= 0.3 is 0 Å². The van der Waals surface area contributed by atoms with Crippen LogP contribution in [0, 0.1) is 6.92 Å². The molecule has 1 aliphatic heterocycles. The summed E-state index contributed by atoms with van der Waals surface area (Å²) in [5.41, 5.74) is 11.5. The summed E-state index contributed by atoms with van der Waals surface area (Å²) >= 11 is 0. The van der Waals surface area contributed by atoms with Gasteiger partial charge in [0.15, 0.2) is 0 Å². The second kappa shape index (κ2) is 7.07. The van der Waals surface area contributed by atoms with E-state index in [0.717, 1.165) is 30.8 Å². The SMILES string of the molecule is Cc1cc(-c2cccnc2-c2ccc3c(ccn3C)c2)c2c(c1)c1c(n2C)CN(C)CC1. The molecule has 0 fully saturated rings. The summed E-state index contributed by atoms with van der Waals surface area (Å²) in [5.74, 6) is 0. The van der Waals surface area contributed by atoms with Crippen LogP contribution in [0.1, 0.15) is 16.8 Å². The molecular weight excluding hydrogens is 392 g/mol. The summed E-state index contributed by atoms with van der Waals surface area (Å²) in [6.45, 7) is 4.33. The number of pyridine rings is 1. The molecule has 4 heteroatoms. The van der Waals surface area contributed by atoms with Gasteiger partial charge in [0.1, 0.15) is 0 Å². The number of rotatable bonds is 2. The highest BCUT2D eigenvalue weighted by atomic mass is 15.1. The van der Waals surface area contributed by atoms with Crippen molar-refractivity contribution in [1.82, 2.24) is 19.0 Å². The highest BCUT2D eigenvalue weighted by Gasteiger charge is 2.24. The molecule has 0 saturated carbocycles. The van der Waals surface area contributed by atoms with Crippen molar-refractivity contribution in [2.24, 2.45) is 14.1 Å². The van der Waals surface area contributed by atoms with Gasteiger partial charge in [-0.15, -0.1) is 0 Å². The zero-order valence-corrected chi connectivity index (χ0v) is 19.2. The molecule has 5 aromatic rings. The van der Waals surface area contributed by atoms with E-state index in [1.807, 2.05) is 6.20 Å². The van der Waals surface area contributed by atoms with Crippen molar-refractivity contribution < 1.29 is 0 Å². The van der Waals surface area contributed by atoms with Crippen LogP contribution in [0.25, 0.3) is 44.2 Å². The molecule has 0 aliphatic carbocycles. The number of hydrogen-bond donors (Lipinski definition) is 0. The molecule has 0 spiro atoms. The number of aryl methyl sites for hydroxylation is 3. The molecule has 6 rings (SSSR count). The summed E-state index contributed by atoms with van der Waals surface area (Å²) in [6.07, 6.45) is 5.13. The van der Waals surface area contributed by atoms with Crippen LogP contribution in [0.3, 0.4) is 0 Å². The number of likely N-dealkylation sites (N-methyl/N-ethyl adjacent to an activating group) is 1. The third-order valence-electron chi connectivity index (χ3n) is 7.09. The molecule has 0 N–H and O–H groups in total. The number of nitrogens with zero attached hydrogens (tertiary/aromatic N) is 4. The Hall–Kier alpha value is -3.37. The largest absolute Gasteiger partial charge is 0.351 e. The van der Waals surface area contributed by atoms with Crippen LogP contribution in [0.15, 0.2) is 60.9 Å². The van der Waals surface area contributed by atoms with Gasteiger partial charge in [0, 0.05) is 78.3 Å². The number of benzene rings is 2. The third-order valence-corrected chi connectivity index (χ3v) is 7.09. The maximum atomic E-state index is 4.87. The van der Waals surface area contributed by atoms with Crippen LogP contribution in [0.5, 0.6) is 0 Å².